The van der Waals surface area contributed by atoms with Crippen molar-refractivity contribution in [3.8, 4) is 0 Å². The fraction of sp³-hybridized carbons (Fsp3) is 0.273. The first kappa shape index (κ1) is 17.2. The molecule has 2 atom stereocenters. The molecule has 1 spiro atoms. The molecule has 1 saturated carbocycles. The zero-order valence-corrected chi connectivity index (χ0v) is 14.7. The number of ketones is 1. The van der Waals surface area contributed by atoms with E-state index in [1.165, 1.54) is 0 Å². The number of rotatable bonds is 5. The lowest BCUT2D eigenvalue weighted by atomic mass is 9.80. The van der Waals surface area contributed by atoms with E-state index in [0.717, 1.165) is 29.7 Å². The van der Waals surface area contributed by atoms with Gasteiger partial charge >= 0.3 is 0 Å². The molecule has 0 radical (unpaired) electrons. The number of carbonyl (C=O) groups is 2. The van der Waals surface area contributed by atoms with E-state index >= 15 is 0 Å². The van der Waals surface area contributed by atoms with Crippen LogP contribution in [-0.4, -0.2) is 11.7 Å². The molecule has 0 saturated heterocycles. The summed E-state index contributed by atoms with van der Waals surface area (Å²) in [6.45, 7) is 7.84. The highest BCUT2D eigenvalue weighted by atomic mass is 16.1. The third-order valence-corrected chi connectivity index (χ3v) is 5.23. The molecule has 1 fully saturated rings. The minimum atomic E-state index is -0.275. The molecule has 0 aliphatic heterocycles. The summed E-state index contributed by atoms with van der Waals surface area (Å²) >= 11 is 0. The first-order valence-corrected chi connectivity index (χ1v) is 8.61. The summed E-state index contributed by atoms with van der Waals surface area (Å²) < 4.78 is 0. The van der Waals surface area contributed by atoms with Crippen LogP contribution in [0.25, 0.3) is 0 Å². The molecule has 1 aromatic carbocycles. The molecule has 0 heterocycles. The summed E-state index contributed by atoms with van der Waals surface area (Å²) in [4.78, 5) is 24.9. The van der Waals surface area contributed by atoms with E-state index in [4.69, 9.17) is 0 Å². The number of amides is 1. The molecule has 2 aliphatic carbocycles. The Morgan fingerprint density at radius 3 is 2.68 bits per heavy atom. The van der Waals surface area contributed by atoms with Crippen LogP contribution in [0.1, 0.15) is 37.0 Å². The topological polar surface area (TPSA) is 46.2 Å². The normalized spacial score (nSPS) is 25.3. The second-order valence-electron chi connectivity index (χ2n) is 6.71. The van der Waals surface area contributed by atoms with Gasteiger partial charge in [0, 0.05) is 22.8 Å². The van der Waals surface area contributed by atoms with Gasteiger partial charge in [-0.1, -0.05) is 35.9 Å². The van der Waals surface area contributed by atoms with Crippen LogP contribution in [0.2, 0.25) is 0 Å². The van der Waals surface area contributed by atoms with Crippen LogP contribution in [-0.2, 0) is 4.79 Å². The van der Waals surface area contributed by atoms with E-state index in [9.17, 15) is 9.59 Å². The number of nitrogens with one attached hydrogen (secondary N) is 1. The third kappa shape index (κ3) is 3.02. The van der Waals surface area contributed by atoms with Gasteiger partial charge in [0.2, 0.25) is 0 Å². The van der Waals surface area contributed by atoms with Crippen molar-refractivity contribution in [1.82, 2.24) is 5.32 Å². The fourth-order valence-corrected chi connectivity index (χ4v) is 3.76. The smallest absolute Gasteiger partial charge is 0.255 e. The Labute approximate surface area is 148 Å². The molecule has 3 rings (SSSR count). The first-order chi connectivity index (χ1) is 12.0. The molecule has 1 amide bonds. The highest BCUT2D eigenvalue weighted by Crippen LogP contribution is 2.65. The molecule has 2 aliphatic rings. The van der Waals surface area contributed by atoms with Crippen LogP contribution in [0.4, 0.5) is 0 Å². The van der Waals surface area contributed by atoms with Gasteiger partial charge in [0.1, 0.15) is 0 Å². The van der Waals surface area contributed by atoms with E-state index in [2.05, 4.69) is 11.9 Å². The minimum absolute atomic E-state index is 0.0746. The molecule has 25 heavy (non-hydrogen) atoms. The highest BCUT2D eigenvalue weighted by Gasteiger charge is 2.60. The molecular weight excluding hydrogens is 310 g/mol. The summed E-state index contributed by atoms with van der Waals surface area (Å²) in [6.07, 6.45) is 9.01. The second kappa shape index (κ2) is 6.67. The second-order valence-corrected chi connectivity index (χ2v) is 6.71. The zero-order valence-electron chi connectivity index (χ0n) is 14.7. The maximum Gasteiger partial charge on any atom is 0.255 e. The molecule has 2 unspecified atom stereocenters. The summed E-state index contributed by atoms with van der Waals surface area (Å²) in [5.41, 5.74) is 3.14. The highest BCUT2D eigenvalue weighted by molar-refractivity contribution is 6.04. The molecule has 3 nitrogen and oxygen atoms in total. The monoisotopic (exact) mass is 333 g/mol. The van der Waals surface area contributed by atoms with Gasteiger partial charge in [-0.15, -0.1) is 6.58 Å². The average Bonchev–Trinajstić information content (AvgIpc) is 3.33. The Balaban J connectivity index is 1.95. The van der Waals surface area contributed by atoms with E-state index in [-0.39, 0.29) is 17.1 Å². The van der Waals surface area contributed by atoms with Gasteiger partial charge < -0.3 is 5.32 Å². The maximum absolute atomic E-state index is 12.6. The van der Waals surface area contributed by atoms with Crippen molar-refractivity contribution in [3.05, 3.63) is 83.6 Å². The third-order valence-electron chi connectivity index (χ3n) is 5.23. The molecule has 0 bridgehead atoms. The Bertz CT molecular complexity index is 814. The number of carbonyl (C=O) groups excluding carboxylic acids is 2. The van der Waals surface area contributed by atoms with Gasteiger partial charge in [-0.2, -0.15) is 0 Å². The quantitative estimate of drug-likeness (QED) is 0.814. The fourth-order valence-electron chi connectivity index (χ4n) is 3.76. The van der Waals surface area contributed by atoms with Crippen LogP contribution in [0.3, 0.4) is 0 Å². The van der Waals surface area contributed by atoms with Gasteiger partial charge in [-0.05, 0) is 56.4 Å². The minimum Gasteiger partial charge on any atom is -0.325 e. The zero-order chi connectivity index (χ0) is 18.0. The lowest BCUT2D eigenvalue weighted by molar-refractivity contribution is -0.110. The molecule has 1 N–H and O–H groups in total. The van der Waals surface area contributed by atoms with Gasteiger partial charge in [-0.3, -0.25) is 9.59 Å². The summed E-state index contributed by atoms with van der Waals surface area (Å²) in [5, 5.41) is 3.01. The lowest BCUT2D eigenvalue weighted by Crippen LogP contribution is -2.33. The SMILES string of the molecule is C=CCC1CC12C(NC(=O)c1ccccc1)=CC(=O)C=C2/C(C)=C\C. The molecule has 0 aromatic heterocycles. The van der Waals surface area contributed by atoms with Gasteiger partial charge in [0.25, 0.3) is 5.91 Å². The van der Waals surface area contributed by atoms with Gasteiger partial charge in [-0.25, -0.2) is 0 Å². The van der Waals surface area contributed by atoms with Gasteiger partial charge in [0.05, 0.1) is 0 Å². The maximum atomic E-state index is 12.6. The number of allylic oxidation sites excluding steroid dienone is 6. The average molecular weight is 333 g/mol. The van der Waals surface area contributed by atoms with E-state index in [0.29, 0.717) is 11.5 Å². The van der Waals surface area contributed by atoms with Crippen molar-refractivity contribution in [3.63, 3.8) is 0 Å². The molecule has 128 valence electrons. The van der Waals surface area contributed by atoms with Gasteiger partial charge in [0.15, 0.2) is 5.78 Å². The summed E-state index contributed by atoms with van der Waals surface area (Å²) in [5.74, 6) is 0.110. The van der Waals surface area contributed by atoms with Crippen LogP contribution in [0.15, 0.2) is 78.1 Å². The van der Waals surface area contributed by atoms with Crippen LogP contribution >= 0.6 is 0 Å². The van der Waals surface area contributed by atoms with Crippen LogP contribution in [0.5, 0.6) is 0 Å². The lowest BCUT2D eigenvalue weighted by Gasteiger charge is -2.28. The molecule has 1 aromatic rings. The van der Waals surface area contributed by atoms with Crippen molar-refractivity contribution in [2.75, 3.05) is 0 Å². The Kier molecular flexibility index (Phi) is 4.58. The largest absolute Gasteiger partial charge is 0.325 e. The molecule has 3 heteroatoms. The summed E-state index contributed by atoms with van der Waals surface area (Å²) in [7, 11) is 0. The predicted molar refractivity (Wildman–Crippen MR) is 99.9 cm³/mol. The Morgan fingerprint density at radius 1 is 1.32 bits per heavy atom. The van der Waals surface area contributed by atoms with E-state index < -0.39 is 0 Å². The van der Waals surface area contributed by atoms with E-state index in [1.807, 2.05) is 44.2 Å². The van der Waals surface area contributed by atoms with Crippen molar-refractivity contribution in [1.29, 1.82) is 0 Å². The Hall–Kier alpha value is -2.68. The van der Waals surface area contributed by atoms with Crippen LogP contribution in [0, 0.1) is 11.3 Å². The number of hydrogen-bond donors (Lipinski definition) is 1. The van der Waals surface area contributed by atoms with Crippen molar-refractivity contribution >= 4 is 11.7 Å². The number of hydrogen-bond acceptors (Lipinski definition) is 2. The predicted octanol–water partition coefficient (Wildman–Crippen LogP) is 4.36. The Morgan fingerprint density at radius 2 is 2.04 bits per heavy atom. The van der Waals surface area contributed by atoms with E-state index in [1.54, 1.807) is 24.3 Å². The van der Waals surface area contributed by atoms with Crippen molar-refractivity contribution in [2.45, 2.75) is 26.7 Å². The molecular formula is C22H23NO2. The number of benzene rings is 1. The first-order valence-electron chi connectivity index (χ1n) is 8.61. The summed E-state index contributed by atoms with van der Waals surface area (Å²) in [6, 6.07) is 9.08. The van der Waals surface area contributed by atoms with Crippen LogP contribution < -0.4 is 5.32 Å². The van der Waals surface area contributed by atoms with Crippen molar-refractivity contribution < 1.29 is 9.59 Å². The standard InChI is InChI=1S/C22H23NO2/c1-4-9-17-14-22(17)19(15(3)5-2)12-18(24)13-20(22)23-21(25)16-10-7-6-8-11-16/h4-8,10-13,17H,1,9,14H2,2-3H3,(H,23,25)/b15-5-. The van der Waals surface area contributed by atoms with Crippen molar-refractivity contribution in [2.24, 2.45) is 11.3 Å².